The maximum atomic E-state index is 12.2. The summed E-state index contributed by atoms with van der Waals surface area (Å²) in [5.41, 5.74) is 5.20. The number of hydrogen-bond donors (Lipinski definition) is 1. The third kappa shape index (κ3) is 5.77. The lowest BCUT2D eigenvalue weighted by molar-refractivity contribution is 0.0600. The van der Waals surface area contributed by atoms with Gasteiger partial charge in [0.1, 0.15) is 12.4 Å². The molecule has 6 nitrogen and oxygen atoms in total. The second kappa shape index (κ2) is 9.85. The van der Waals surface area contributed by atoms with Gasteiger partial charge < -0.3 is 9.47 Å². The van der Waals surface area contributed by atoms with Gasteiger partial charge in [0.2, 0.25) is 0 Å². The topological polar surface area (TPSA) is 77.0 Å². The fraction of sp³-hybridized carbons (Fsp3) is 0.0870. The van der Waals surface area contributed by atoms with Crippen LogP contribution in [0.1, 0.15) is 31.8 Å². The van der Waals surface area contributed by atoms with E-state index < -0.39 is 5.97 Å². The predicted molar refractivity (Wildman–Crippen MR) is 110 cm³/mol. The van der Waals surface area contributed by atoms with E-state index in [1.165, 1.54) is 13.3 Å². The van der Waals surface area contributed by atoms with Gasteiger partial charge in [-0.05, 0) is 47.5 Å². The molecule has 0 unspecified atom stereocenters. The Labute approximate surface area is 168 Å². The summed E-state index contributed by atoms with van der Waals surface area (Å²) >= 11 is 0. The van der Waals surface area contributed by atoms with Gasteiger partial charge >= 0.3 is 5.97 Å². The first-order valence-electron chi connectivity index (χ1n) is 8.94. The van der Waals surface area contributed by atoms with Crippen LogP contribution in [0, 0.1) is 0 Å². The molecule has 0 atom stereocenters. The van der Waals surface area contributed by atoms with E-state index in [4.69, 9.17) is 4.74 Å². The van der Waals surface area contributed by atoms with Crippen molar-refractivity contribution in [2.24, 2.45) is 5.10 Å². The summed E-state index contributed by atoms with van der Waals surface area (Å²) in [6, 6.07) is 23.4. The van der Waals surface area contributed by atoms with Gasteiger partial charge in [-0.1, -0.05) is 42.5 Å². The van der Waals surface area contributed by atoms with Gasteiger partial charge in [-0.2, -0.15) is 5.10 Å². The van der Waals surface area contributed by atoms with Gasteiger partial charge in [-0.3, -0.25) is 4.79 Å². The van der Waals surface area contributed by atoms with Crippen molar-refractivity contribution >= 4 is 18.1 Å². The molecule has 0 aromatic heterocycles. The largest absolute Gasteiger partial charge is 0.489 e. The molecule has 3 aromatic carbocycles. The monoisotopic (exact) mass is 388 g/mol. The average Bonchev–Trinajstić information content (AvgIpc) is 2.78. The highest BCUT2D eigenvalue weighted by atomic mass is 16.5. The number of ether oxygens (including phenoxy) is 2. The summed E-state index contributed by atoms with van der Waals surface area (Å²) in [6.45, 7) is 0.464. The van der Waals surface area contributed by atoms with Gasteiger partial charge in [-0.25, -0.2) is 10.2 Å². The van der Waals surface area contributed by atoms with E-state index in [9.17, 15) is 9.59 Å². The Morgan fingerprint density at radius 2 is 1.55 bits per heavy atom. The first kappa shape index (κ1) is 19.8. The minimum absolute atomic E-state index is 0.331. The highest BCUT2D eigenvalue weighted by Crippen LogP contribution is 2.14. The van der Waals surface area contributed by atoms with Crippen molar-refractivity contribution in [3.05, 3.63) is 101 Å². The van der Waals surface area contributed by atoms with Gasteiger partial charge in [0.15, 0.2) is 0 Å². The Hall–Kier alpha value is -3.93. The Morgan fingerprint density at radius 3 is 2.21 bits per heavy atom. The molecule has 0 radical (unpaired) electrons. The summed E-state index contributed by atoms with van der Waals surface area (Å²) in [5, 5.41) is 3.94. The fourth-order valence-electron chi connectivity index (χ4n) is 2.50. The van der Waals surface area contributed by atoms with E-state index in [1.54, 1.807) is 48.5 Å². The number of amides is 1. The number of hydrazone groups is 1. The second-order valence-corrected chi connectivity index (χ2v) is 6.11. The van der Waals surface area contributed by atoms with Crippen LogP contribution in [0.15, 0.2) is 84.0 Å². The molecule has 3 aromatic rings. The first-order valence-corrected chi connectivity index (χ1v) is 8.94. The summed E-state index contributed by atoms with van der Waals surface area (Å²) in [6.07, 6.45) is 1.50. The molecule has 0 fully saturated rings. The maximum Gasteiger partial charge on any atom is 0.337 e. The van der Waals surface area contributed by atoms with Crippen LogP contribution in [-0.2, 0) is 11.3 Å². The van der Waals surface area contributed by atoms with Crippen molar-refractivity contribution < 1.29 is 19.1 Å². The number of methoxy groups -OCH3 is 1. The molecule has 1 N–H and O–H groups in total. The van der Waals surface area contributed by atoms with Crippen LogP contribution in [0.4, 0.5) is 0 Å². The molecule has 1 amide bonds. The van der Waals surface area contributed by atoms with Crippen LogP contribution in [0.2, 0.25) is 0 Å². The van der Waals surface area contributed by atoms with Crippen molar-refractivity contribution in [3.63, 3.8) is 0 Å². The molecular weight excluding hydrogens is 368 g/mol. The molecule has 0 saturated heterocycles. The predicted octanol–water partition coefficient (Wildman–Crippen LogP) is 3.82. The van der Waals surface area contributed by atoms with Crippen molar-refractivity contribution in [1.29, 1.82) is 0 Å². The van der Waals surface area contributed by atoms with E-state index in [2.05, 4.69) is 15.3 Å². The zero-order valence-electron chi connectivity index (χ0n) is 15.9. The van der Waals surface area contributed by atoms with E-state index in [-0.39, 0.29) is 5.91 Å². The Bertz CT molecular complexity index is 982. The van der Waals surface area contributed by atoms with Gasteiger partial charge in [0.25, 0.3) is 5.91 Å². The Morgan fingerprint density at radius 1 is 0.897 bits per heavy atom. The summed E-state index contributed by atoms with van der Waals surface area (Å²) in [7, 11) is 1.33. The number of carbonyl (C=O) groups is 2. The number of nitrogens with zero attached hydrogens (tertiary/aromatic N) is 1. The summed E-state index contributed by atoms with van der Waals surface area (Å²) in [4.78, 5) is 23.6. The van der Waals surface area contributed by atoms with Crippen LogP contribution in [0.3, 0.4) is 0 Å². The number of nitrogens with one attached hydrogen (secondary N) is 1. The zero-order chi connectivity index (χ0) is 20.5. The lowest BCUT2D eigenvalue weighted by Gasteiger charge is -2.07. The van der Waals surface area contributed by atoms with E-state index in [1.807, 2.05) is 30.3 Å². The molecule has 0 aliphatic carbocycles. The Balaban J connectivity index is 1.51. The van der Waals surface area contributed by atoms with Crippen LogP contribution in [-0.4, -0.2) is 25.2 Å². The lowest BCUT2D eigenvalue weighted by Crippen LogP contribution is -2.17. The maximum absolute atomic E-state index is 12.2. The average molecular weight is 388 g/mol. The van der Waals surface area contributed by atoms with Crippen molar-refractivity contribution in [2.45, 2.75) is 6.61 Å². The number of carbonyl (C=O) groups excluding carboxylic acids is 2. The van der Waals surface area contributed by atoms with Crippen molar-refractivity contribution in [1.82, 2.24) is 5.43 Å². The minimum Gasteiger partial charge on any atom is -0.489 e. The van der Waals surface area contributed by atoms with E-state index >= 15 is 0 Å². The normalized spacial score (nSPS) is 10.5. The molecule has 146 valence electrons. The smallest absolute Gasteiger partial charge is 0.337 e. The molecule has 29 heavy (non-hydrogen) atoms. The quantitative estimate of drug-likeness (QED) is 0.379. The van der Waals surface area contributed by atoms with Crippen molar-refractivity contribution in [2.75, 3.05) is 7.11 Å². The van der Waals surface area contributed by atoms with E-state index in [0.717, 1.165) is 11.1 Å². The zero-order valence-corrected chi connectivity index (χ0v) is 15.9. The SMILES string of the molecule is COC(=O)c1ccc(C=NNC(=O)c2ccc(OCc3ccccc3)cc2)cc1. The number of hydrogen-bond acceptors (Lipinski definition) is 5. The van der Waals surface area contributed by atoms with Crippen LogP contribution in [0.5, 0.6) is 5.75 Å². The van der Waals surface area contributed by atoms with E-state index in [0.29, 0.717) is 23.5 Å². The van der Waals surface area contributed by atoms with Crippen LogP contribution < -0.4 is 10.2 Å². The highest BCUT2D eigenvalue weighted by molar-refractivity contribution is 5.95. The molecule has 3 rings (SSSR count). The molecule has 0 aliphatic heterocycles. The standard InChI is InChI=1S/C23H20N2O4/c1-28-23(27)20-9-7-17(8-10-20)15-24-25-22(26)19-11-13-21(14-12-19)29-16-18-5-3-2-4-6-18/h2-15H,16H2,1H3,(H,25,26). The molecule has 6 heteroatoms. The first-order chi connectivity index (χ1) is 14.2. The summed E-state index contributed by atoms with van der Waals surface area (Å²) < 4.78 is 10.4. The number of benzene rings is 3. The number of rotatable bonds is 7. The van der Waals surface area contributed by atoms with Gasteiger partial charge in [0, 0.05) is 5.56 Å². The molecule has 0 saturated carbocycles. The van der Waals surface area contributed by atoms with Gasteiger partial charge in [-0.15, -0.1) is 0 Å². The molecule has 0 heterocycles. The van der Waals surface area contributed by atoms with Crippen LogP contribution in [0.25, 0.3) is 0 Å². The summed E-state index contributed by atoms with van der Waals surface area (Å²) in [5.74, 6) is -0.0559. The van der Waals surface area contributed by atoms with Gasteiger partial charge in [0.05, 0.1) is 18.9 Å². The lowest BCUT2D eigenvalue weighted by atomic mass is 10.1. The van der Waals surface area contributed by atoms with Crippen LogP contribution >= 0.6 is 0 Å². The van der Waals surface area contributed by atoms with Crippen molar-refractivity contribution in [3.8, 4) is 5.75 Å². The third-order valence-corrected chi connectivity index (χ3v) is 4.08. The molecular formula is C23H20N2O4. The molecule has 0 spiro atoms. The molecule has 0 aliphatic rings. The molecule has 0 bridgehead atoms. The fourth-order valence-corrected chi connectivity index (χ4v) is 2.50. The Kier molecular flexibility index (Phi) is 6.73. The highest BCUT2D eigenvalue weighted by Gasteiger charge is 2.05. The minimum atomic E-state index is -0.405. The second-order valence-electron chi connectivity index (χ2n) is 6.11. The third-order valence-electron chi connectivity index (χ3n) is 4.08. The number of esters is 1.